The molecule has 3 heterocycles. The molecule has 2 aliphatic rings. The summed E-state index contributed by atoms with van der Waals surface area (Å²) >= 11 is 1.67. The molecular formula is C20H28N4O3S. The maximum absolute atomic E-state index is 12.7. The number of hydrogen-bond acceptors (Lipinski definition) is 7. The number of nitrogens with zero attached hydrogens (tertiary/aromatic N) is 3. The van der Waals surface area contributed by atoms with Gasteiger partial charge in [-0.3, -0.25) is 9.69 Å². The summed E-state index contributed by atoms with van der Waals surface area (Å²) in [6.07, 6.45) is 1.96. The zero-order chi connectivity index (χ0) is 19.3. The van der Waals surface area contributed by atoms with Crippen LogP contribution in [0.1, 0.15) is 12.8 Å². The third kappa shape index (κ3) is 4.56. The number of fused-ring (bicyclic) bond motifs is 1. The molecule has 0 spiro atoms. The maximum atomic E-state index is 12.7. The molecule has 1 atom stereocenters. The van der Waals surface area contributed by atoms with E-state index in [1.807, 2.05) is 18.2 Å². The van der Waals surface area contributed by atoms with Crippen molar-refractivity contribution in [1.29, 1.82) is 0 Å². The molecule has 28 heavy (non-hydrogen) atoms. The van der Waals surface area contributed by atoms with Crippen molar-refractivity contribution in [3.8, 4) is 5.75 Å². The Labute approximate surface area is 169 Å². The average molecular weight is 405 g/mol. The van der Waals surface area contributed by atoms with Gasteiger partial charge in [0.05, 0.1) is 36.5 Å². The first kappa shape index (κ1) is 19.4. The molecule has 0 radical (unpaired) electrons. The van der Waals surface area contributed by atoms with Crippen LogP contribution in [0, 0.1) is 5.92 Å². The van der Waals surface area contributed by atoms with E-state index in [9.17, 15) is 4.79 Å². The molecule has 0 bridgehead atoms. The number of thiazole rings is 1. The third-order valence-corrected chi connectivity index (χ3v) is 6.56. The summed E-state index contributed by atoms with van der Waals surface area (Å²) in [5.74, 6) is 1.04. The molecule has 1 aromatic heterocycles. The zero-order valence-corrected chi connectivity index (χ0v) is 17.2. The second kappa shape index (κ2) is 9.07. The predicted molar refractivity (Wildman–Crippen MR) is 111 cm³/mol. The fourth-order valence-corrected chi connectivity index (χ4v) is 4.86. The van der Waals surface area contributed by atoms with Gasteiger partial charge in [0.15, 0.2) is 5.13 Å². The number of piperidine rings is 1. The molecule has 2 aromatic rings. The Morgan fingerprint density at radius 2 is 2.21 bits per heavy atom. The van der Waals surface area contributed by atoms with Crippen molar-refractivity contribution in [3.05, 3.63) is 18.2 Å². The van der Waals surface area contributed by atoms with Gasteiger partial charge in [-0.1, -0.05) is 11.3 Å². The smallest absolute Gasteiger partial charge is 0.224 e. The molecule has 8 heteroatoms. The number of hydrogen-bond donors (Lipinski definition) is 1. The second-order valence-electron chi connectivity index (χ2n) is 7.36. The molecule has 2 fully saturated rings. The number of morpholine rings is 1. The van der Waals surface area contributed by atoms with Crippen molar-refractivity contribution in [3.63, 3.8) is 0 Å². The summed E-state index contributed by atoms with van der Waals surface area (Å²) in [5, 5.41) is 4.13. The molecule has 1 N–H and O–H groups in total. The van der Waals surface area contributed by atoms with Crippen LogP contribution < -0.4 is 15.0 Å². The predicted octanol–water partition coefficient (Wildman–Crippen LogP) is 1.97. The lowest BCUT2D eigenvalue weighted by molar-refractivity contribution is -0.125. The van der Waals surface area contributed by atoms with Gasteiger partial charge in [-0.05, 0) is 31.0 Å². The Bertz CT molecular complexity index is 806. The highest BCUT2D eigenvalue weighted by Gasteiger charge is 2.27. The first-order chi connectivity index (χ1) is 13.7. The number of benzene rings is 1. The highest BCUT2D eigenvalue weighted by molar-refractivity contribution is 7.22. The Balaban J connectivity index is 1.32. The molecule has 7 nitrogen and oxygen atoms in total. The highest BCUT2D eigenvalue weighted by atomic mass is 32.1. The monoisotopic (exact) mass is 404 g/mol. The van der Waals surface area contributed by atoms with Crippen LogP contribution in [-0.4, -0.2) is 75.4 Å². The first-order valence-corrected chi connectivity index (χ1v) is 10.8. The fourth-order valence-electron chi connectivity index (χ4n) is 3.83. The van der Waals surface area contributed by atoms with E-state index in [2.05, 4.69) is 15.1 Å². The number of nitrogens with one attached hydrogen (secondary N) is 1. The lowest BCUT2D eigenvalue weighted by Gasteiger charge is -2.32. The molecule has 0 aliphatic carbocycles. The topological polar surface area (TPSA) is 66.9 Å². The van der Waals surface area contributed by atoms with Gasteiger partial charge < -0.3 is 19.7 Å². The van der Waals surface area contributed by atoms with Crippen LogP contribution in [0.2, 0.25) is 0 Å². The minimum absolute atomic E-state index is 0.0278. The van der Waals surface area contributed by atoms with Crippen molar-refractivity contribution in [2.75, 3.05) is 64.5 Å². The largest absolute Gasteiger partial charge is 0.497 e. The van der Waals surface area contributed by atoms with Crippen molar-refractivity contribution in [2.45, 2.75) is 12.8 Å². The van der Waals surface area contributed by atoms with E-state index in [0.717, 1.165) is 79.9 Å². The normalized spacial score (nSPS) is 21.0. The maximum Gasteiger partial charge on any atom is 0.224 e. The van der Waals surface area contributed by atoms with Gasteiger partial charge in [0.25, 0.3) is 0 Å². The minimum atomic E-state index is 0.0278. The highest BCUT2D eigenvalue weighted by Crippen LogP contribution is 2.33. The lowest BCUT2D eigenvalue weighted by atomic mass is 9.97. The van der Waals surface area contributed by atoms with Crippen LogP contribution in [0.25, 0.3) is 10.2 Å². The van der Waals surface area contributed by atoms with Crippen LogP contribution in [0.4, 0.5) is 5.13 Å². The SMILES string of the molecule is COc1ccc2nc(N3CCCC(C(=O)NCCN4CCOCC4)C3)sc2c1. The Hall–Kier alpha value is -1.90. The molecule has 2 aliphatic heterocycles. The Kier molecular flexibility index (Phi) is 6.29. The van der Waals surface area contributed by atoms with E-state index in [1.54, 1.807) is 18.4 Å². The van der Waals surface area contributed by atoms with E-state index in [1.165, 1.54) is 0 Å². The van der Waals surface area contributed by atoms with Crippen LogP contribution in [0.15, 0.2) is 18.2 Å². The number of aromatic nitrogens is 1. The van der Waals surface area contributed by atoms with E-state index in [4.69, 9.17) is 14.5 Å². The van der Waals surface area contributed by atoms with Gasteiger partial charge in [-0.15, -0.1) is 0 Å². The van der Waals surface area contributed by atoms with Crippen LogP contribution >= 0.6 is 11.3 Å². The van der Waals surface area contributed by atoms with Gasteiger partial charge in [0, 0.05) is 39.3 Å². The Morgan fingerprint density at radius 3 is 3.04 bits per heavy atom. The van der Waals surface area contributed by atoms with E-state index < -0.39 is 0 Å². The first-order valence-electron chi connectivity index (χ1n) is 10.0. The molecule has 1 aromatic carbocycles. The number of anilines is 1. The summed E-state index contributed by atoms with van der Waals surface area (Å²) < 4.78 is 11.8. The van der Waals surface area contributed by atoms with Gasteiger partial charge in [-0.25, -0.2) is 4.98 Å². The fraction of sp³-hybridized carbons (Fsp3) is 0.600. The quantitative estimate of drug-likeness (QED) is 0.794. The molecule has 2 saturated heterocycles. The van der Waals surface area contributed by atoms with Crippen molar-refractivity contribution in [1.82, 2.24) is 15.2 Å². The van der Waals surface area contributed by atoms with Crippen molar-refractivity contribution in [2.24, 2.45) is 5.92 Å². The summed E-state index contributed by atoms with van der Waals surface area (Å²) in [5.41, 5.74) is 0.984. The molecule has 152 valence electrons. The molecule has 4 rings (SSSR count). The van der Waals surface area contributed by atoms with Gasteiger partial charge in [0.1, 0.15) is 5.75 Å². The average Bonchev–Trinajstić information content (AvgIpc) is 3.18. The summed E-state index contributed by atoms with van der Waals surface area (Å²) in [6, 6.07) is 5.96. The number of carbonyl (C=O) groups is 1. The molecule has 1 unspecified atom stereocenters. The summed E-state index contributed by atoms with van der Waals surface area (Å²) in [4.78, 5) is 22.0. The number of rotatable bonds is 6. The van der Waals surface area contributed by atoms with Gasteiger partial charge in [-0.2, -0.15) is 0 Å². The van der Waals surface area contributed by atoms with E-state index in [-0.39, 0.29) is 11.8 Å². The second-order valence-corrected chi connectivity index (χ2v) is 8.37. The number of ether oxygens (including phenoxy) is 2. The van der Waals surface area contributed by atoms with Crippen LogP contribution in [-0.2, 0) is 9.53 Å². The molecule has 1 amide bonds. The van der Waals surface area contributed by atoms with E-state index >= 15 is 0 Å². The zero-order valence-electron chi connectivity index (χ0n) is 16.4. The number of amides is 1. The van der Waals surface area contributed by atoms with Gasteiger partial charge in [0.2, 0.25) is 5.91 Å². The van der Waals surface area contributed by atoms with Crippen LogP contribution in [0.3, 0.4) is 0 Å². The number of methoxy groups -OCH3 is 1. The third-order valence-electron chi connectivity index (χ3n) is 5.48. The minimum Gasteiger partial charge on any atom is -0.497 e. The van der Waals surface area contributed by atoms with Crippen molar-refractivity contribution >= 4 is 32.6 Å². The molecular weight excluding hydrogens is 376 g/mol. The molecule has 0 saturated carbocycles. The van der Waals surface area contributed by atoms with Crippen LogP contribution in [0.5, 0.6) is 5.75 Å². The van der Waals surface area contributed by atoms with E-state index in [0.29, 0.717) is 6.54 Å². The number of carbonyl (C=O) groups excluding carboxylic acids is 1. The summed E-state index contributed by atoms with van der Waals surface area (Å²) in [7, 11) is 1.68. The lowest BCUT2D eigenvalue weighted by Crippen LogP contribution is -2.46. The summed E-state index contributed by atoms with van der Waals surface area (Å²) in [6.45, 7) is 6.78. The standard InChI is InChI=1S/C20H28N4O3S/c1-26-16-4-5-17-18(13-16)28-20(22-17)24-7-2-3-15(14-24)19(25)21-6-8-23-9-11-27-12-10-23/h4-5,13,15H,2-3,6-12,14H2,1H3,(H,21,25). The Morgan fingerprint density at radius 1 is 1.36 bits per heavy atom. The van der Waals surface area contributed by atoms with Gasteiger partial charge >= 0.3 is 0 Å². The van der Waals surface area contributed by atoms with Crippen molar-refractivity contribution < 1.29 is 14.3 Å².